The van der Waals surface area contributed by atoms with E-state index in [9.17, 15) is 14.4 Å². The number of anilines is 1. The fourth-order valence-electron chi connectivity index (χ4n) is 2.16. The maximum atomic E-state index is 11.6. The van der Waals surface area contributed by atoms with Crippen LogP contribution in [0.3, 0.4) is 0 Å². The van der Waals surface area contributed by atoms with E-state index in [-0.39, 0.29) is 12.5 Å². The van der Waals surface area contributed by atoms with Crippen molar-refractivity contribution in [2.45, 2.75) is 19.8 Å². The molecule has 2 N–H and O–H groups in total. The molecule has 2 rings (SSSR count). The summed E-state index contributed by atoms with van der Waals surface area (Å²) in [5, 5.41) is 4.60. The third kappa shape index (κ3) is 4.21. The number of hydrogen-bond acceptors (Lipinski definition) is 4. The summed E-state index contributed by atoms with van der Waals surface area (Å²) in [5.41, 5.74) is 0.821. The molecule has 1 aliphatic heterocycles. The summed E-state index contributed by atoms with van der Waals surface area (Å²) in [6, 6.07) is 6.40. The van der Waals surface area contributed by atoms with Gasteiger partial charge in [0.05, 0.1) is 0 Å². The van der Waals surface area contributed by atoms with Gasteiger partial charge in [0, 0.05) is 25.2 Å². The third-order valence-electron chi connectivity index (χ3n) is 3.18. The Morgan fingerprint density at radius 3 is 2.59 bits per heavy atom. The highest BCUT2D eigenvalue weighted by atomic mass is 16.5. The van der Waals surface area contributed by atoms with Crippen molar-refractivity contribution in [2.24, 2.45) is 0 Å². The molecule has 0 unspecified atom stereocenters. The van der Waals surface area contributed by atoms with E-state index in [0.717, 1.165) is 18.7 Å². The highest BCUT2D eigenvalue weighted by molar-refractivity contribution is 5.95. The van der Waals surface area contributed by atoms with E-state index >= 15 is 0 Å². The van der Waals surface area contributed by atoms with E-state index in [1.807, 2.05) is 0 Å². The van der Waals surface area contributed by atoms with Gasteiger partial charge in [0.1, 0.15) is 5.75 Å². The molecule has 0 radical (unpaired) electrons. The van der Waals surface area contributed by atoms with Crippen LogP contribution in [0, 0.1) is 0 Å². The van der Waals surface area contributed by atoms with Crippen LogP contribution in [0.25, 0.3) is 0 Å². The van der Waals surface area contributed by atoms with Gasteiger partial charge in [0.15, 0.2) is 6.61 Å². The number of nitrogens with zero attached hydrogens (tertiary/aromatic N) is 1. The number of ether oxygens (including phenoxy) is 1. The molecule has 7 heteroatoms. The molecular weight excluding hydrogens is 286 g/mol. The largest absolute Gasteiger partial charge is 0.484 e. The maximum Gasteiger partial charge on any atom is 0.321 e. The predicted molar refractivity (Wildman–Crippen MR) is 80.7 cm³/mol. The number of carbonyl (C=O) groups excluding carboxylic acids is 3. The predicted octanol–water partition coefficient (Wildman–Crippen LogP) is 1.04. The van der Waals surface area contributed by atoms with Crippen molar-refractivity contribution in [3.8, 4) is 5.75 Å². The van der Waals surface area contributed by atoms with Crippen LogP contribution >= 0.6 is 0 Å². The Morgan fingerprint density at radius 2 is 2.00 bits per heavy atom. The summed E-state index contributed by atoms with van der Waals surface area (Å²) in [6.45, 7) is 2.68. The van der Waals surface area contributed by atoms with E-state index < -0.39 is 11.9 Å². The third-order valence-corrected chi connectivity index (χ3v) is 3.18. The first-order valence-corrected chi connectivity index (χ1v) is 7.21. The van der Waals surface area contributed by atoms with Gasteiger partial charge < -0.3 is 15.0 Å². The molecule has 0 bridgehead atoms. The zero-order chi connectivity index (χ0) is 15.9. The van der Waals surface area contributed by atoms with E-state index in [2.05, 4.69) is 10.6 Å². The first-order chi connectivity index (χ1) is 10.6. The Bertz CT molecular complexity index is 556. The summed E-state index contributed by atoms with van der Waals surface area (Å²) < 4.78 is 5.30. The first kappa shape index (κ1) is 15.8. The average Bonchev–Trinajstić information content (AvgIpc) is 2.92. The zero-order valence-corrected chi connectivity index (χ0v) is 12.4. The van der Waals surface area contributed by atoms with Gasteiger partial charge in [-0.1, -0.05) is 0 Å². The van der Waals surface area contributed by atoms with Crippen molar-refractivity contribution in [3.63, 3.8) is 0 Å². The van der Waals surface area contributed by atoms with Crippen LogP contribution in [0.15, 0.2) is 24.3 Å². The fraction of sp³-hybridized carbons (Fsp3) is 0.400. The van der Waals surface area contributed by atoms with Crippen LogP contribution in [-0.2, 0) is 9.59 Å². The van der Waals surface area contributed by atoms with Crippen molar-refractivity contribution in [2.75, 3.05) is 24.6 Å². The summed E-state index contributed by atoms with van der Waals surface area (Å²) in [6.07, 6.45) is 1.45. The Hall–Kier alpha value is -2.57. The van der Waals surface area contributed by atoms with Gasteiger partial charge in [-0.05, 0) is 37.6 Å². The Morgan fingerprint density at radius 1 is 1.27 bits per heavy atom. The molecule has 4 amide bonds. The Balaban J connectivity index is 1.82. The molecule has 0 aromatic heterocycles. The van der Waals surface area contributed by atoms with Gasteiger partial charge in [-0.15, -0.1) is 0 Å². The number of rotatable bonds is 5. The molecule has 118 valence electrons. The topological polar surface area (TPSA) is 87.7 Å². The molecule has 7 nitrogen and oxygen atoms in total. The molecule has 0 aliphatic carbocycles. The van der Waals surface area contributed by atoms with Crippen LogP contribution in [0.2, 0.25) is 0 Å². The summed E-state index contributed by atoms with van der Waals surface area (Å²) in [7, 11) is 0. The van der Waals surface area contributed by atoms with Crippen LogP contribution in [0.4, 0.5) is 10.5 Å². The van der Waals surface area contributed by atoms with Crippen molar-refractivity contribution in [3.05, 3.63) is 24.3 Å². The lowest BCUT2D eigenvalue weighted by Crippen LogP contribution is -2.41. The summed E-state index contributed by atoms with van der Waals surface area (Å²) >= 11 is 0. The number of urea groups is 1. The highest BCUT2D eigenvalue weighted by Gasteiger charge is 2.21. The van der Waals surface area contributed by atoms with Gasteiger partial charge in [-0.2, -0.15) is 0 Å². The number of imide groups is 1. The van der Waals surface area contributed by atoms with E-state index in [1.165, 1.54) is 0 Å². The van der Waals surface area contributed by atoms with Gasteiger partial charge >= 0.3 is 6.03 Å². The van der Waals surface area contributed by atoms with Crippen molar-refractivity contribution in [1.82, 2.24) is 10.6 Å². The van der Waals surface area contributed by atoms with E-state index in [0.29, 0.717) is 18.7 Å². The number of hydrogen-bond donors (Lipinski definition) is 2. The van der Waals surface area contributed by atoms with Crippen molar-refractivity contribution in [1.29, 1.82) is 0 Å². The van der Waals surface area contributed by atoms with Crippen molar-refractivity contribution >= 4 is 23.5 Å². The minimum absolute atomic E-state index is 0.120. The number of amides is 4. The smallest absolute Gasteiger partial charge is 0.321 e. The number of nitrogens with one attached hydrogen (secondary N) is 2. The minimum Gasteiger partial charge on any atom is -0.484 e. The lowest BCUT2D eigenvalue weighted by molar-refractivity contribution is -0.122. The highest BCUT2D eigenvalue weighted by Crippen LogP contribution is 2.23. The molecule has 0 atom stereocenters. The van der Waals surface area contributed by atoms with Crippen LogP contribution in [0.5, 0.6) is 5.75 Å². The monoisotopic (exact) mass is 305 g/mol. The molecule has 0 spiro atoms. The number of benzene rings is 1. The van der Waals surface area contributed by atoms with E-state index in [4.69, 9.17) is 4.74 Å². The molecular formula is C15H19N3O4. The first-order valence-electron chi connectivity index (χ1n) is 7.21. The summed E-state index contributed by atoms with van der Waals surface area (Å²) in [4.78, 5) is 36.0. The molecule has 0 saturated carbocycles. The zero-order valence-electron chi connectivity index (χ0n) is 12.4. The maximum absolute atomic E-state index is 11.6. The quantitative estimate of drug-likeness (QED) is 0.851. The second-order valence-corrected chi connectivity index (χ2v) is 4.84. The Labute approximate surface area is 128 Å². The van der Waals surface area contributed by atoms with Gasteiger partial charge in [0.25, 0.3) is 5.91 Å². The average molecular weight is 305 g/mol. The lowest BCUT2D eigenvalue weighted by atomic mass is 10.3. The molecule has 1 fully saturated rings. The summed E-state index contributed by atoms with van der Waals surface area (Å²) in [5.74, 6) is 0.0983. The fourth-order valence-corrected chi connectivity index (χ4v) is 2.16. The molecule has 1 saturated heterocycles. The van der Waals surface area contributed by atoms with Gasteiger partial charge in [0.2, 0.25) is 5.91 Å². The second-order valence-electron chi connectivity index (χ2n) is 4.84. The molecule has 1 aromatic rings. The van der Waals surface area contributed by atoms with Gasteiger partial charge in [-0.25, -0.2) is 4.79 Å². The minimum atomic E-state index is -0.543. The Kier molecular flexibility index (Phi) is 5.35. The molecule has 22 heavy (non-hydrogen) atoms. The molecule has 1 heterocycles. The molecule has 1 aliphatic rings. The lowest BCUT2D eigenvalue weighted by Gasteiger charge is -2.16. The molecule has 1 aromatic carbocycles. The van der Waals surface area contributed by atoms with Crippen LogP contribution < -0.4 is 20.3 Å². The van der Waals surface area contributed by atoms with Crippen LogP contribution in [-0.4, -0.2) is 37.5 Å². The van der Waals surface area contributed by atoms with Crippen molar-refractivity contribution < 1.29 is 19.1 Å². The SMILES string of the molecule is CCNC(=O)NC(=O)COc1ccc(N2CCCC2=O)cc1. The van der Waals surface area contributed by atoms with E-state index in [1.54, 1.807) is 36.1 Å². The van der Waals surface area contributed by atoms with Crippen LogP contribution in [0.1, 0.15) is 19.8 Å². The number of carbonyl (C=O) groups is 3. The standard InChI is InChI=1S/C15H19N3O4/c1-2-16-15(21)17-13(19)10-22-12-7-5-11(6-8-12)18-9-3-4-14(18)20/h5-8H,2-4,9-10H2,1H3,(H2,16,17,19,21). The van der Waals surface area contributed by atoms with Gasteiger partial charge in [-0.3, -0.25) is 14.9 Å². The second kappa shape index (κ2) is 7.44. The normalized spacial score (nSPS) is 13.9.